The van der Waals surface area contributed by atoms with Crippen molar-refractivity contribution >= 4 is 5.97 Å². The highest BCUT2D eigenvalue weighted by atomic mass is 19.1. The third-order valence-corrected chi connectivity index (χ3v) is 2.66. The third-order valence-electron chi connectivity index (χ3n) is 2.66. The lowest BCUT2D eigenvalue weighted by Gasteiger charge is -2.07. The number of hydrogen-bond donors (Lipinski definition) is 1. The molecule has 2 rings (SSSR count). The monoisotopic (exact) mass is 260 g/mol. The Morgan fingerprint density at radius 1 is 1.26 bits per heavy atom. The number of ether oxygens (including phenoxy) is 1. The number of hydrogen-bond acceptors (Lipinski definition) is 2. The molecule has 3 nitrogen and oxygen atoms in total. The van der Waals surface area contributed by atoms with Crippen LogP contribution < -0.4 is 4.74 Å². The zero-order valence-corrected chi connectivity index (χ0v) is 10.4. The summed E-state index contributed by atoms with van der Waals surface area (Å²) in [4.78, 5) is 10.7. The van der Waals surface area contributed by atoms with Crippen LogP contribution in [0.15, 0.2) is 42.5 Å². The fourth-order valence-electron chi connectivity index (χ4n) is 1.69. The predicted octanol–water partition coefficient (Wildman–Crippen LogP) is 3.41. The van der Waals surface area contributed by atoms with E-state index in [1.807, 2.05) is 31.2 Å². The van der Waals surface area contributed by atoms with Gasteiger partial charge in [-0.1, -0.05) is 18.2 Å². The number of halogens is 1. The van der Waals surface area contributed by atoms with Crippen LogP contribution in [0.4, 0.5) is 4.39 Å². The van der Waals surface area contributed by atoms with Crippen molar-refractivity contribution in [2.45, 2.75) is 13.5 Å². The van der Waals surface area contributed by atoms with E-state index < -0.39 is 11.8 Å². The molecule has 98 valence electrons. The Kier molecular flexibility index (Phi) is 3.80. The number of carboxylic acid groups (broad SMARTS) is 1. The average molecular weight is 260 g/mol. The summed E-state index contributed by atoms with van der Waals surface area (Å²) < 4.78 is 19.0. The zero-order valence-electron chi connectivity index (χ0n) is 10.4. The van der Waals surface area contributed by atoms with Gasteiger partial charge in [-0.3, -0.25) is 0 Å². The lowest BCUT2D eigenvalue weighted by atomic mass is 10.1. The maximum absolute atomic E-state index is 13.5. The first kappa shape index (κ1) is 13.1. The van der Waals surface area contributed by atoms with Gasteiger partial charge in [0.15, 0.2) is 0 Å². The normalized spacial score (nSPS) is 10.2. The fourth-order valence-corrected chi connectivity index (χ4v) is 1.69. The van der Waals surface area contributed by atoms with E-state index in [4.69, 9.17) is 9.84 Å². The molecule has 0 radical (unpaired) electrons. The largest absolute Gasteiger partial charge is 0.489 e. The Balaban J connectivity index is 2.08. The van der Waals surface area contributed by atoms with Crippen LogP contribution >= 0.6 is 0 Å². The minimum atomic E-state index is -1.27. The van der Waals surface area contributed by atoms with Crippen LogP contribution in [0.1, 0.15) is 21.5 Å². The van der Waals surface area contributed by atoms with Gasteiger partial charge in [0.2, 0.25) is 0 Å². The number of rotatable bonds is 4. The highest BCUT2D eigenvalue weighted by molar-refractivity contribution is 5.87. The Labute approximate surface area is 110 Å². The number of carboxylic acids is 1. The summed E-state index contributed by atoms with van der Waals surface area (Å²) in [5, 5.41) is 8.72. The average Bonchev–Trinajstić information content (AvgIpc) is 2.36. The second kappa shape index (κ2) is 5.52. The van der Waals surface area contributed by atoms with E-state index in [0.717, 1.165) is 5.56 Å². The minimum absolute atomic E-state index is 0.195. The molecule has 4 heteroatoms. The number of aromatic carboxylic acids is 1. The van der Waals surface area contributed by atoms with Gasteiger partial charge in [0.1, 0.15) is 18.2 Å². The molecule has 0 saturated heterocycles. The maximum atomic E-state index is 13.5. The van der Waals surface area contributed by atoms with Gasteiger partial charge in [-0.2, -0.15) is 0 Å². The quantitative estimate of drug-likeness (QED) is 0.916. The van der Waals surface area contributed by atoms with Crippen molar-refractivity contribution in [1.29, 1.82) is 0 Å². The lowest BCUT2D eigenvalue weighted by Crippen LogP contribution is -2.02. The van der Waals surface area contributed by atoms with Crippen LogP contribution in [0.3, 0.4) is 0 Å². The van der Waals surface area contributed by atoms with Crippen LogP contribution in [0, 0.1) is 12.7 Å². The SMILES string of the molecule is Cc1cccc(OCc2ccc(C(=O)O)c(F)c2)c1. The molecule has 0 aliphatic heterocycles. The van der Waals surface area contributed by atoms with Gasteiger partial charge in [0.25, 0.3) is 0 Å². The summed E-state index contributed by atoms with van der Waals surface area (Å²) in [6.45, 7) is 2.15. The summed E-state index contributed by atoms with van der Waals surface area (Å²) >= 11 is 0. The van der Waals surface area contributed by atoms with Crippen LogP contribution in [-0.2, 0) is 6.61 Å². The minimum Gasteiger partial charge on any atom is -0.489 e. The maximum Gasteiger partial charge on any atom is 0.338 e. The molecule has 1 N–H and O–H groups in total. The molecule has 19 heavy (non-hydrogen) atoms. The second-order valence-electron chi connectivity index (χ2n) is 4.22. The molecule has 2 aromatic carbocycles. The second-order valence-corrected chi connectivity index (χ2v) is 4.22. The predicted molar refractivity (Wildman–Crippen MR) is 68.9 cm³/mol. The van der Waals surface area contributed by atoms with Gasteiger partial charge in [-0.05, 0) is 42.3 Å². The molecule has 0 amide bonds. The first-order chi connectivity index (χ1) is 9.06. The first-order valence-electron chi connectivity index (χ1n) is 5.77. The van der Waals surface area contributed by atoms with Gasteiger partial charge in [-0.25, -0.2) is 9.18 Å². The fraction of sp³-hybridized carbons (Fsp3) is 0.133. The van der Waals surface area contributed by atoms with Gasteiger partial charge in [-0.15, -0.1) is 0 Å². The number of carbonyl (C=O) groups is 1. The molecular formula is C15H13FO3. The van der Waals surface area contributed by atoms with Crippen LogP contribution in [0.5, 0.6) is 5.75 Å². The summed E-state index contributed by atoms with van der Waals surface area (Å²) in [5.74, 6) is -1.33. The molecule has 2 aromatic rings. The van der Waals surface area contributed by atoms with Gasteiger partial charge in [0.05, 0.1) is 5.56 Å². The standard InChI is InChI=1S/C15H13FO3/c1-10-3-2-4-12(7-10)19-9-11-5-6-13(15(17)18)14(16)8-11/h2-8H,9H2,1H3,(H,17,18). The lowest BCUT2D eigenvalue weighted by molar-refractivity contribution is 0.0692. The molecule has 0 atom stereocenters. The van der Waals surface area contributed by atoms with Crippen molar-refractivity contribution in [3.05, 3.63) is 65.0 Å². The van der Waals surface area contributed by atoms with E-state index in [-0.39, 0.29) is 12.2 Å². The number of aryl methyl sites for hydroxylation is 1. The molecule has 0 aromatic heterocycles. The Bertz CT molecular complexity index is 608. The Morgan fingerprint density at radius 2 is 2.05 bits per heavy atom. The molecule has 0 unspecified atom stereocenters. The summed E-state index contributed by atoms with van der Waals surface area (Å²) in [7, 11) is 0. The molecule has 0 saturated carbocycles. The molecule has 0 aliphatic carbocycles. The summed E-state index contributed by atoms with van der Waals surface area (Å²) in [6, 6.07) is 11.5. The smallest absolute Gasteiger partial charge is 0.338 e. The van der Waals surface area contributed by atoms with Crippen LogP contribution in [0.2, 0.25) is 0 Å². The molecule has 0 fully saturated rings. The molecule has 0 bridgehead atoms. The van der Waals surface area contributed by atoms with Crippen molar-refractivity contribution in [2.24, 2.45) is 0 Å². The van der Waals surface area contributed by atoms with Gasteiger partial charge < -0.3 is 9.84 Å². The van der Waals surface area contributed by atoms with Gasteiger partial charge >= 0.3 is 5.97 Å². The molecule has 0 aliphatic rings. The summed E-state index contributed by atoms with van der Waals surface area (Å²) in [6.07, 6.45) is 0. The van der Waals surface area contributed by atoms with Crippen molar-refractivity contribution in [2.75, 3.05) is 0 Å². The highest BCUT2D eigenvalue weighted by Gasteiger charge is 2.10. The van der Waals surface area contributed by atoms with Crippen LogP contribution in [-0.4, -0.2) is 11.1 Å². The van der Waals surface area contributed by atoms with Crippen molar-refractivity contribution < 1.29 is 19.0 Å². The van der Waals surface area contributed by atoms with Crippen molar-refractivity contribution in [1.82, 2.24) is 0 Å². The van der Waals surface area contributed by atoms with E-state index in [9.17, 15) is 9.18 Å². The van der Waals surface area contributed by atoms with Crippen molar-refractivity contribution in [3.8, 4) is 5.75 Å². The van der Waals surface area contributed by atoms with Crippen molar-refractivity contribution in [3.63, 3.8) is 0 Å². The Hall–Kier alpha value is -2.36. The molecule has 0 spiro atoms. The molecular weight excluding hydrogens is 247 g/mol. The third kappa shape index (κ3) is 3.31. The van der Waals surface area contributed by atoms with E-state index in [1.54, 1.807) is 6.07 Å². The zero-order chi connectivity index (χ0) is 13.8. The van der Waals surface area contributed by atoms with Gasteiger partial charge in [0, 0.05) is 0 Å². The Morgan fingerprint density at radius 3 is 2.68 bits per heavy atom. The highest BCUT2D eigenvalue weighted by Crippen LogP contribution is 2.16. The van der Waals surface area contributed by atoms with Crippen LogP contribution in [0.25, 0.3) is 0 Å². The molecule has 0 heterocycles. The van der Waals surface area contributed by atoms with E-state index in [1.165, 1.54) is 12.1 Å². The van der Waals surface area contributed by atoms with E-state index in [0.29, 0.717) is 11.3 Å². The first-order valence-corrected chi connectivity index (χ1v) is 5.77. The number of benzene rings is 2. The topological polar surface area (TPSA) is 46.5 Å². The van der Waals surface area contributed by atoms with E-state index in [2.05, 4.69) is 0 Å². The summed E-state index contributed by atoms with van der Waals surface area (Å²) in [5.41, 5.74) is 1.33. The van der Waals surface area contributed by atoms with E-state index >= 15 is 0 Å².